The summed E-state index contributed by atoms with van der Waals surface area (Å²) in [5, 5.41) is 8.79. The van der Waals surface area contributed by atoms with Crippen molar-refractivity contribution in [2.45, 2.75) is 0 Å². The topological polar surface area (TPSA) is 93.7 Å². The Bertz CT molecular complexity index is 581. The Hall–Kier alpha value is -2.75. The van der Waals surface area contributed by atoms with E-state index < -0.39 is 5.97 Å². The molecule has 0 aromatic carbocycles. The van der Waals surface area contributed by atoms with E-state index >= 15 is 0 Å². The lowest BCUT2D eigenvalue weighted by atomic mass is 10.4. The lowest BCUT2D eigenvalue weighted by molar-refractivity contribution is 0.0593. The van der Waals surface area contributed by atoms with Crippen molar-refractivity contribution in [3.05, 3.63) is 36.3 Å². The number of imidazole rings is 1. The third-order valence-electron chi connectivity index (χ3n) is 2.02. The number of nitriles is 1. The van der Waals surface area contributed by atoms with Gasteiger partial charge in [0, 0.05) is 12.4 Å². The van der Waals surface area contributed by atoms with E-state index in [4.69, 9.17) is 5.26 Å². The highest BCUT2D eigenvalue weighted by atomic mass is 16.5. The third kappa shape index (κ3) is 1.96. The smallest absolute Gasteiger partial charge is 0.358 e. The Morgan fingerprint density at radius 2 is 2.24 bits per heavy atom. The molecule has 2 rings (SSSR count). The Morgan fingerprint density at radius 3 is 2.82 bits per heavy atom. The van der Waals surface area contributed by atoms with Gasteiger partial charge in [-0.2, -0.15) is 5.26 Å². The highest BCUT2D eigenvalue weighted by molar-refractivity contribution is 5.86. The van der Waals surface area contributed by atoms with Crippen LogP contribution in [-0.4, -0.2) is 32.6 Å². The number of carbonyl (C=O) groups is 1. The van der Waals surface area contributed by atoms with Gasteiger partial charge in [-0.1, -0.05) is 0 Å². The number of nitrogens with zero attached hydrogens (tertiary/aromatic N) is 5. The second-order valence-corrected chi connectivity index (χ2v) is 2.98. The highest BCUT2D eigenvalue weighted by Gasteiger charge is 2.09. The molecule has 7 nitrogen and oxygen atoms in total. The minimum absolute atomic E-state index is 0.106. The fourth-order valence-electron chi connectivity index (χ4n) is 1.23. The van der Waals surface area contributed by atoms with Crippen molar-refractivity contribution in [2.24, 2.45) is 0 Å². The molecule has 0 bridgehead atoms. The molecule has 84 valence electrons. The van der Waals surface area contributed by atoms with Crippen LogP contribution in [0.4, 0.5) is 0 Å². The van der Waals surface area contributed by atoms with Crippen molar-refractivity contribution in [1.82, 2.24) is 19.5 Å². The molecule has 7 heteroatoms. The zero-order valence-electron chi connectivity index (χ0n) is 8.86. The van der Waals surface area contributed by atoms with Gasteiger partial charge in [-0.3, -0.25) is 4.57 Å². The molecule has 2 aromatic heterocycles. The molecule has 0 N–H and O–H groups in total. The molecular weight excluding hydrogens is 222 g/mol. The molecule has 0 saturated carbocycles. The number of methoxy groups -OCH3 is 1. The Balaban J connectivity index is 2.37. The summed E-state index contributed by atoms with van der Waals surface area (Å²) in [6.07, 6.45) is 5.71. The quantitative estimate of drug-likeness (QED) is 0.688. The number of hydrogen-bond donors (Lipinski definition) is 0. The van der Waals surface area contributed by atoms with Crippen LogP contribution in [0.15, 0.2) is 24.8 Å². The molecule has 17 heavy (non-hydrogen) atoms. The first-order valence-electron chi connectivity index (χ1n) is 4.60. The molecular formula is C10H7N5O2. The van der Waals surface area contributed by atoms with E-state index in [9.17, 15) is 4.79 Å². The molecule has 0 amide bonds. The van der Waals surface area contributed by atoms with E-state index in [2.05, 4.69) is 19.7 Å². The van der Waals surface area contributed by atoms with Gasteiger partial charge >= 0.3 is 5.97 Å². The van der Waals surface area contributed by atoms with E-state index in [1.165, 1.54) is 30.3 Å². The van der Waals surface area contributed by atoms with Crippen LogP contribution in [0.25, 0.3) is 5.82 Å². The van der Waals surface area contributed by atoms with Gasteiger partial charge in [0.2, 0.25) is 5.82 Å². The van der Waals surface area contributed by atoms with Gasteiger partial charge in [0.1, 0.15) is 6.07 Å². The van der Waals surface area contributed by atoms with Crippen molar-refractivity contribution in [3.8, 4) is 11.9 Å². The second kappa shape index (κ2) is 4.40. The first-order valence-corrected chi connectivity index (χ1v) is 4.60. The third-order valence-corrected chi connectivity index (χ3v) is 2.02. The van der Waals surface area contributed by atoms with E-state index in [-0.39, 0.29) is 11.5 Å². The molecule has 0 aliphatic carbocycles. The number of hydrogen-bond acceptors (Lipinski definition) is 6. The van der Waals surface area contributed by atoms with Crippen LogP contribution in [0.2, 0.25) is 0 Å². The molecule has 0 saturated heterocycles. The van der Waals surface area contributed by atoms with Crippen LogP contribution in [-0.2, 0) is 4.74 Å². The summed E-state index contributed by atoms with van der Waals surface area (Å²) in [5.74, 6) is 0.0482. The largest absolute Gasteiger partial charge is 0.464 e. The second-order valence-electron chi connectivity index (χ2n) is 2.98. The summed E-state index contributed by atoms with van der Waals surface area (Å²) in [7, 11) is 1.27. The van der Waals surface area contributed by atoms with Crippen LogP contribution < -0.4 is 0 Å². The van der Waals surface area contributed by atoms with Crippen molar-refractivity contribution in [1.29, 1.82) is 5.26 Å². The van der Waals surface area contributed by atoms with Crippen LogP contribution >= 0.6 is 0 Å². The minimum atomic E-state index is -0.560. The van der Waals surface area contributed by atoms with Crippen LogP contribution in [0.1, 0.15) is 16.3 Å². The van der Waals surface area contributed by atoms with Gasteiger partial charge in [0.05, 0.1) is 19.5 Å². The molecule has 0 fully saturated rings. The number of esters is 1. The van der Waals surface area contributed by atoms with Gasteiger partial charge in [0.25, 0.3) is 0 Å². The summed E-state index contributed by atoms with van der Waals surface area (Å²) in [4.78, 5) is 22.9. The molecule has 2 heterocycles. The number of ether oxygens (including phenoxy) is 1. The van der Waals surface area contributed by atoms with E-state index in [1.54, 1.807) is 6.20 Å². The Labute approximate surface area is 96.3 Å². The lowest BCUT2D eigenvalue weighted by Crippen LogP contribution is -2.07. The average molecular weight is 229 g/mol. The molecule has 0 radical (unpaired) electrons. The van der Waals surface area contributed by atoms with Crippen molar-refractivity contribution in [3.63, 3.8) is 0 Å². The van der Waals surface area contributed by atoms with E-state index in [1.807, 2.05) is 6.07 Å². The predicted octanol–water partition coefficient (Wildman–Crippen LogP) is 0.321. The first kappa shape index (κ1) is 10.8. The summed E-state index contributed by atoms with van der Waals surface area (Å²) in [6.45, 7) is 0. The standard InChI is InChI=1S/C10H7N5O2/c1-17-10(16)7-5-14-9(6-13-7)15-3-2-12-8(15)4-11/h2-3,5-6H,1H3. The molecule has 2 aromatic rings. The maximum atomic E-state index is 11.1. The monoisotopic (exact) mass is 229 g/mol. The van der Waals surface area contributed by atoms with Crippen LogP contribution in [0, 0.1) is 11.3 Å². The Morgan fingerprint density at radius 1 is 1.41 bits per heavy atom. The summed E-state index contributed by atoms with van der Waals surface area (Å²) < 4.78 is 5.97. The Kier molecular flexibility index (Phi) is 2.79. The first-order chi connectivity index (χ1) is 8.26. The lowest BCUT2D eigenvalue weighted by Gasteiger charge is -2.02. The SMILES string of the molecule is COC(=O)c1cnc(-n2ccnc2C#N)cn1. The minimum Gasteiger partial charge on any atom is -0.464 e. The summed E-state index contributed by atoms with van der Waals surface area (Å²) in [5.41, 5.74) is 0.106. The average Bonchev–Trinajstić information content (AvgIpc) is 2.86. The molecule has 0 aliphatic rings. The summed E-state index contributed by atoms with van der Waals surface area (Å²) >= 11 is 0. The fraction of sp³-hybridized carbons (Fsp3) is 0.100. The number of carbonyl (C=O) groups excluding carboxylic acids is 1. The van der Waals surface area contributed by atoms with Crippen LogP contribution in [0.3, 0.4) is 0 Å². The fourth-order valence-corrected chi connectivity index (χ4v) is 1.23. The van der Waals surface area contributed by atoms with E-state index in [0.717, 1.165) is 0 Å². The predicted molar refractivity (Wildman–Crippen MR) is 55.2 cm³/mol. The maximum absolute atomic E-state index is 11.1. The van der Waals surface area contributed by atoms with Crippen molar-refractivity contribution >= 4 is 5.97 Å². The normalized spacial score (nSPS) is 9.65. The summed E-state index contributed by atoms with van der Waals surface area (Å²) in [6, 6.07) is 1.92. The van der Waals surface area contributed by atoms with Gasteiger partial charge in [-0.05, 0) is 0 Å². The molecule has 0 atom stereocenters. The molecule has 0 spiro atoms. The van der Waals surface area contributed by atoms with Gasteiger partial charge in [-0.15, -0.1) is 0 Å². The zero-order valence-corrected chi connectivity index (χ0v) is 8.86. The van der Waals surface area contributed by atoms with E-state index in [0.29, 0.717) is 5.82 Å². The highest BCUT2D eigenvalue weighted by Crippen LogP contribution is 2.06. The molecule has 0 aliphatic heterocycles. The van der Waals surface area contributed by atoms with Gasteiger partial charge in [0.15, 0.2) is 11.5 Å². The maximum Gasteiger partial charge on any atom is 0.358 e. The van der Waals surface area contributed by atoms with Gasteiger partial charge in [-0.25, -0.2) is 19.7 Å². The van der Waals surface area contributed by atoms with Crippen molar-refractivity contribution < 1.29 is 9.53 Å². The van der Waals surface area contributed by atoms with Crippen molar-refractivity contribution in [2.75, 3.05) is 7.11 Å². The number of rotatable bonds is 2. The van der Waals surface area contributed by atoms with Crippen LogP contribution in [0.5, 0.6) is 0 Å². The molecule has 0 unspecified atom stereocenters. The number of aromatic nitrogens is 4. The zero-order chi connectivity index (χ0) is 12.3. The van der Waals surface area contributed by atoms with Gasteiger partial charge < -0.3 is 4.74 Å².